The smallest absolute Gasteiger partial charge is 0.0116 e. The Morgan fingerprint density at radius 2 is 1.61 bits per heavy atom. The molecule has 0 spiro atoms. The Labute approximate surface area is 195 Å². The molecule has 0 aromatic rings. The van der Waals surface area contributed by atoms with Crippen molar-refractivity contribution in [2.45, 2.75) is 127 Å². The largest absolute Gasteiger partial charge is 0.0842 e. The van der Waals surface area contributed by atoms with Gasteiger partial charge >= 0.3 is 0 Å². The predicted molar refractivity (Wildman–Crippen MR) is 136 cm³/mol. The molecule has 0 radical (unpaired) electrons. The van der Waals surface area contributed by atoms with Crippen LogP contribution in [-0.4, -0.2) is 0 Å². The molecule has 0 aromatic heterocycles. The van der Waals surface area contributed by atoms with Gasteiger partial charge in [0.2, 0.25) is 0 Å². The Bertz CT molecular complexity index is 689. The van der Waals surface area contributed by atoms with Gasteiger partial charge in [0.05, 0.1) is 0 Å². The molecular weight excluding hydrogens is 372 g/mol. The van der Waals surface area contributed by atoms with Crippen molar-refractivity contribution in [1.29, 1.82) is 0 Å². The molecule has 0 bridgehead atoms. The number of rotatable bonds is 4. The van der Waals surface area contributed by atoms with Crippen molar-refractivity contribution >= 4 is 0 Å². The molecule has 0 amide bonds. The average molecular weight is 427 g/mol. The van der Waals surface area contributed by atoms with Crippen molar-refractivity contribution in [2.24, 2.45) is 57.2 Å². The van der Waals surface area contributed by atoms with Gasteiger partial charge in [-0.15, -0.1) is 0 Å². The zero-order valence-electron chi connectivity index (χ0n) is 22.6. The van der Waals surface area contributed by atoms with Crippen molar-refractivity contribution in [2.75, 3.05) is 0 Å². The molecule has 0 saturated heterocycles. The first kappa shape index (κ1) is 23.9. The normalized spacial score (nSPS) is 45.3. The van der Waals surface area contributed by atoms with E-state index in [1.807, 2.05) is 5.57 Å². The van der Waals surface area contributed by atoms with E-state index in [1.54, 1.807) is 0 Å². The molecule has 8 atom stereocenters. The van der Waals surface area contributed by atoms with Gasteiger partial charge in [-0.1, -0.05) is 86.8 Å². The van der Waals surface area contributed by atoms with E-state index in [1.165, 1.54) is 64.2 Å². The lowest BCUT2D eigenvalue weighted by Gasteiger charge is -2.62. The lowest BCUT2D eigenvalue weighted by Crippen LogP contribution is -2.54. The molecule has 31 heavy (non-hydrogen) atoms. The maximum absolute atomic E-state index is 2.77. The Hall–Kier alpha value is -0.260. The highest BCUT2D eigenvalue weighted by Gasteiger charge is 2.61. The maximum atomic E-state index is 2.77. The van der Waals surface area contributed by atoms with Gasteiger partial charge in [-0.25, -0.2) is 0 Å². The molecule has 3 fully saturated rings. The number of hydrogen-bond donors (Lipinski definition) is 0. The zero-order chi connectivity index (χ0) is 22.8. The molecule has 0 heteroatoms. The highest BCUT2D eigenvalue weighted by Crippen LogP contribution is 2.69. The second kappa shape index (κ2) is 7.91. The first-order valence-corrected chi connectivity index (χ1v) is 14.0. The predicted octanol–water partition coefficient (Wildman–Crippen LogP) is 9.69. The molecule has 0 aliphatic heterocycles. The third kappa shape index (κ3) is 3.79. The minimum absolute atomic E-state index is 0.416. The zero-order valence-corrected chi connectivity index (χ0v) is 22.6. The molecule has 0 aromatic carbocycles. The van der Waals surface area contributed by atoms with Gasteiger partial charge in [0, 0.05) is 0 Å². The molecule has 8 unspecified atom stereocenters. The number of hydrogen-bond acceptors (Lipinski definition) is 0. The van der Waals surface area contributed by atoms with Crippen LogP contribution >= 0.6 is 0 Å². The summed E-state index contributed by atoms with van der Waals surface area (Å²) >= 11 is 0. The number of allylic oxidation sites excluding steroid dienone is 2. The second-order valence-corrected chi connectivity index (χ2v) is 14.8. The third-order valence-corrected chi connectivity index (χ3v) is 12.4. The van der Waals surface area contributed by atoms with Crippen molar-refractivity contribution in [3.05, 3.63) is 11.6 Å². The van der Waals surface area contributed by atoms with Crippen LogP contribution in [0, 0.1) is 57.2 Å². The molecule has 0 nitrogen and oxygen atoms in total. The van der Waals surface area contributed by atoms with Gasteiger partial charge in [-0.3, -0.25) is 0 Å². The summed E-state index contributed by atoms with van der Waals surface area (Å²) in [6, 6.07) is 0. The third-order valence-electron chi connectivity index (χ3n) is 12.4. The van der Waals surface area contributed by atoms with E-state index in [0.717, 1.165) is 35.5 Å². The monoisotopic (exact) mass is 426 g/mol. The lowest BCUT2D eigenvalue weighted by atomic mass is 9.43. The summed E-state index contributed by atoms with van der Waals surface area (Å²) in [5, 5.41) is 0. The minimum atomic E-state index is 0.416. The van der Waals surface area contributed by atoms with Gasteiger partial charge in [0.1, 0.15) is 0 Å². The summed E-state index contributed by atoms with van der Waals surface area (Å²) in [6.45, 7) is 22.8. The standard InChI is InChI=1S/C31H54/c1-21(28(3,4)5)11-10-12-23-14-16-26-27-18-17-24-25(15-13-22(2)29(24,6)7)31(27,9)20-19-30(23,26)8/h17,21-23,25-27H,10-16,18-20H2,1-9H3. The molecule has 4 aliphatic carbocycles. The average Bonchev–Trinajstić information content (AvgIpc) is 3.00. The van der Waals surface area contributed by atoms with Crippen LogP contribution in [0.1, 0.15) is 127 Å². The Morgan fingerprint density at radius 3 is 2.29 bits per heavy atom. The maximum Gasteiger partial charge on any atom is -0.0116 e. The van der Waals surface area contributed by atoms with Gasteiger partial charge in [0.15, 0.2) is 0 Å². The van der Waals surface area contributed by atoms with Crippen molar-refractivity contribution in [3.63, 3.8) is 0 Å². The SMILES string of the molecule is CC(CCCC1CCC2C3CC=C4C(CCC(C)C4(C)C)C3(C)CCC12C)C(C)(C)C. The second-order valence-electron chi connectivity index (χ2n) is 14.8. The van der Waals surface area contributed by atoms with Crippen molar-refractivity contribution in [1.82, 2.24) is 0 Å². The van der Waals surface area contributed by atoms with E-state index >= 15 is 0 Å². The Balaban J connectivity index is 1.49. The minimum Gasteiger partial charge on any atom is -0.0842 e. The van der Waals surface area contributed by atoms with Gasteiger partial charge in [0.25, 0.3) is 0 Å². The summed E-state index contributed by atoms with van der Waals surface area (Å²) in [5.74, 6) is 5.47. The van der Waals surface area contributed by atoms with Crippen LogP contribution in [0.3, 0.4) is 0 Å². The Kier molecular flexibility index (Phi) is 6.09. The fraction of sp³-hybridized carbons (Fsp3) is 0.935. The first-order chi connectivity index (χ1) is 14.3. The molecular formula is C31H54. The van der Waals surface area contributed by atoms with Gasteiger partial charge < -0.3 is 0 Å². The van der Waals surface area contributed by atoms with Crippen molar-refractivity contribution in [3.8, 4) is 0 Å². The number of fused-ring (bicyclic) bond motifs is 5. The van der Waals surface area contributed by atoms with Gasteiger partial charge in [-0.05, 0) is 109 Å². The summed E-state index contributed by atoms with van der Waals surface area (Å²) in [5.41, 5.74) is 3.93. The van der Waals surface area contributed by atoms with Crippen LogP contribution in [0.2, 0.25) is 0 Å². The van der Waals surface area contributed by atoms with Gasteiger partial charge in [-0.2, -0.15) is 0 Å². The molecule has 0 N–H and O–H groups in total. The van der Waals surface area contributed by atoms with E-state index in [2.05, 4.69) is 68.4 Å². The fourth-order valence-electron chi connectivity index (χ4n) is 9.03. The topological polar surface area (TPSA) is 0 Å². The first-order valence-electron chi connectivity index (χ1n) is 14.0. The summed E-state index contributed by atoms with van der Waals surface area (Å²) in [6.07, 6.45) is 17.4. The van der Waals surface area contributed by atoms with E-state index in [-0.39, 0.29) is 0 Å². The molecule has 4 rings (SSSR count). The van der Waals surface area contributed by atoms with Crippen LogP contribution < -0.4 is 0 Å². The van der Waals surface area contributed by atoms with Crippen LogP contribution in [-0.2, 0) is 0 Å². The summed E-state index contributed by atoms with van der Waals surface area (Å²) < 4.78 is 0. The van der Waals surface area contributed by atoms with E-state index < -0.39 is 0 Å². The van der Waals surface area contributed by atoms with E-state index in [4.69, 9.17) is 0 Å². The van der Waals surface area contributed by atoms with Crippen LogP contribution in [0.25, 0.3) is 0 Å². The van der Waals surface area contributed by atoms with Crippen LogP contribution in [0.4, 0.5) is 0 Å². The van der Waals surface area contributed by atoms with Crippen LogP contribution in [0.5, 0.6) is 0 Å². The highest BCUT2D eigenvalue weighted by atomic mass is 14.7. The fourth-order valence-corrected chi connectivity index (χ4v) is 9.03. The lowest BCUT2D eigenvalue weighted by molar-refractivity contribution is -0.0830. The highest BCUT2D eigenvalue weighted by molar-refractivity contribution is 5.28. The van der Waals surface area contributed by atoms with Crippen molar-refractivity contribution < 1.29 is 0 Å². The van der Waals surface area contributed by atoms with Crippen LogP contribution in [0.15, 0.2) is 11.6 Å². The summed E-state index contributed by atoms with van der Waals surface area (Å²) in [7, 11) is 0. The van der Waals surface area contributed by atoms with E-state index in [9.17, 15) is 0 Å². The molecule has 3 saturated carbocycles. The summed E-state index contributed by atoms with van der Waals surface area (Å²) in [4.78, 5) is 0. The Morgan fingerprint density at radius 1 is 0.935 bits per heavy atom. The quantitative estimate of drug-likeness (QED) is 0.392. The van der Waals surface area contributed by atoms with E-state index in [0.29, 0.717) is 21.7 Å². The molecule has 178 valence electrons. The molecule has 4 aliphatic rings. The molecule has 0 heterocycles.